The van der Waals surface area contributed by atoms with E-state index in [1.54, 1.807) is 18.4 Å². The third-order valence-corrected chi connectivity index (χ3v) is 6.15. The molecule has 0 saturated heterocycles. The number of aromatic nitrogens is 3. The second kappa shape index (κ2) is 9.32. The number of hydrogen-bond donors (Lipinski definition) is 0. The highest BCUT2D eigenvalue weighted by atomic mass is 32.2. The van der Waals surface area contributed by atoms with Crippen molar-refractivity contribution in [2.75, 3.05) is 7.11 Å². The van der Waals surface area contributed by atoms with Crippen LogP contribution in [0.25, 0.3) is 10.6 Å². The number of thioether (sulfide) groups is 1. The Balaban J connectivity index is 1.33. The maximum Gasteiger partial charge on any atom is 0.277 e. The summed E-state index contributed by atoms with van der Waals surface area (Å²) in [7, 11) is 1.66. The molecule has 2 aromatic heterocycles. The first-order valence-electron chi connectivity index (χ1n) is 9.35. The summed E-state index contributed by atoms with van der Waals surface area (Å²) in [5.41, 5.74) is 4.23. The number of nitrogens with zero attached hydrogens (tertiary/aromatic N) is 3. The molecule has 0 N–H and O–H groups in total. The van der Waals surface area contributed by atoms with Gasteiger partial charge in [-0.05, 0) is 43.2 Å². The van der Waals surface area contributed by atoms with Crippen LogP contribution in [0.5, 0.6) is 11.5 Å². The van der Waals surface area contributed by atoms with Crippen molar-refractivity contribution in [3.05, 3.63) is 70.6 Å². The molecular weight excluding hydrogens is 418 g/mol. The largest absolute Gasteiger partial charge is 0.497 e. The standard InChI is InChI=1S/C22H21N3O3S2/c1-14-7-8-15(2)19(9-14)27-11-20-24-25-22(28-20)30-13-17-12-29-21(23-17)16-5-4-6-18(10-16)26-3/h4-10,12H,11,13H2,1-3H3. The van der Waals surface area contributed by atoms with Crippen molar-refractivity contribution in [2.24, 2.45) is 0 Å². The van der Waals surface area contributed by atoms with Crippen LogP contribution < -0.4 is 9.47 Å². The lowest BCUT2D eigenvalue weighted by molar-refractivity contribution is 0.250. The van der Waals surface area contributed by atoms with Crippen molar-refractivity contribution in [1.29, 1.82) is 0 Å². The van der Waals surface area contributed by atoms with Gasteiger partial charge in [-0.1, -0.05) is 36.0 Å². The van der Waals surface area contributed by atoms with E-state index in [4.69, 9.17) is 18.9 Å². The third-order valence-electron chi connectivity index (χ3n) is 4.36. The van der Waals surface area contributed by atoms with Gasteiger partial charge in [0.1, 0.15) is 16.5 Å². The molecule has 2 aromatic carbocycles. The lowest BCUT2D eigenvalue weighted by Gasteiger charge is -2.07. The molecule has 0 fully saturated rings. The van der Waals surface area contributed by atoms with Gasteiger partial charge in [-0.3, -0.25) is 0 Å². The van der Waals surface area contributed by atoms with Crippen molar-refractivity contribution in [3.8, 4) is 22.1 Å². The fraction of sp³-hybridized carbons (Fsp3) is 0.227. The predicted molar refractivity (Wildman–Crippen MR) is 118 cm³/mol. The normalized spacial score (nSPS) is 10.9. The van der Waals surface area contributed by atoms with Crippen molar-refractivity contribution >= 4 is 23.1 Å². The summed E-state index contributed by atoms with van der Waals surface area (Å²) in [6.45, 7) is 4.29. The molecular formula is C22H21N3O3S2. The first-order chi connectivity index (χ1) is 14.6. The van der Waals surface area contributed by atoms with E-state index in [1.807, 2.05) is 55.6 Å². The molecule has 6 nitrogen and oxygen atoms in total. The van der Waals surface area contributed by atoms with Gasteiger partial charge in [-0.2, -0.15) is 0 Å². The minimum atomic E-state index is 0.245. The van der Waals surface area contributed by atoms with Gasteiger partial charge in [0, 0.05) is 16.7 Å². The fourth-order valence-corrected chi connectivity index (χ4v) is 4.35. The van der Waals surface area contributed by atoms with E-state index in [0.717, 1.165) is 38.9 Å². The van der Waals surface area contributed by atoms with Gasteiger partial charge in [0.15, 0.2) is 6.61 Å². The van der Waals surface area contributed by atoms with Crippen molar-refractivity contribution in [3.63, 3.8) is 0 Å². The molecule has 2 heterocycles. The molecule has 0 aliphatic rings. The zero-order chi connectivity index (χ0) is 20.9. The fourth-order valence-electron chi connectivity index (χ4n) is 2.75. The summed E-state index contributed by atoms with van der Waals surface area (Å²) in [5.74, 6) is 2.75. The van der Waals surface area contributed by atoms with Gasteiger partial charge in [0.25, 0.3) is 11.1 Å². The topological polar surface area (TPSA) is 70.3 Å². The lowest BCUT2D eigenvalue weighted by Crippen LogP contribution is -1.97. The average Bonchev–Trinajstić information content (AvgIpc) is 3.42. The molecule has 0 amide bonds. The highest BCUT2D eigenvalue weighted by Gasteiger charge is 2.11. The Bertz CT molecular complexity index is 1140. The molecule has 4 aromatic rings. The van der Waals surface area contributed by atoms with Crippen LogP contribution in [0.2, 0.25) is 0 Å². The van der Waals surface area contributed by atoms with Crippen molar-refractivity contribution in [1.82, 2.24) is 15.2 Å². The minimum Gasteiger partial charge on any atom is -0.497 e. The van der Waals surface area contributed by atoms with E-state index in [0.29, 0.717) is 16.9 Å². The summed E-state index contributed by atoms with van der Waals surface area (Å²) in [5, 5.41) is 11.7. The van der Waals surface area contributed by atoms with Gasteiger partial charge < -0.3 is 13.9 Å². The summed E-state index contributed by atoms with van der Waals surface area (Å²) in [4.78, 5) is 4.70. The Labute approximate surface area is 183 Å². The number of rotatable bonds is 8. The summed E-state index contributed by atoms with van der Waals surface area (Å²) < 4.78 is 16.8. The van der Waals surface area contributed by atoms with E-state index in [1.165, 1.54) is 11.8 Å². The van der Waals surface area contributed by atoms with Gasteiger partial charge >= 0.3 is 0 Å². The molecule has 0 aliphatic heterocycles. The third kappa shape index (κ3) is 5.01. The van der Waals surface area contributed by atoms with Gasteiger partial charge in [-0.25, -0.2) is 4.98 Å². The molecule has 0 spiro atoms. The van der Waals surface area contributed by atoms with Crippen LogP contribution in [0.15, 0.2) is 57.5 Å². The summed E-state index contributed by atoms with van der Waals surface area (Å²) in [6, 6.07) is 14.0. The second-order valence-corrected chi connectivity index (χ2v) is 8.47. The van der Waals surface area contributed by atoms with Crippen LogP contribution in [-0.4, -0.2) is 22.3 Å². The molecule has 4 rings (SSSR count). The van der Waals surface area contributed by atoms with E-state index in [9.17, 15) is 0 Å². The van der Waals surface area contributed by atoms with Crippen LogP contribution in [0.3, 0.4) is 0 Å². The molecule has 154 valence electrons. The molecule has 8 heteroatoms. The van der Waals surface area contributed by atoms with Crippen molar-refractivity contribution in [2.45, 2.75) is 31.4 Å². The van der Waals surface area contributed by atoms with Gasteiger partial charge in [-0.15, -0.1) is 21.5 Å². The zero-order valence-electron chi connectivity index (χ0n) is 16.9. The van der Waals surface area contributed by atoms with Crippen molar-refractivity contribution < 1.29 is 13.9 Å². The van der Waals surface area contributed by atoms with E-state index in [2.05, 4.69) is 16.3 Å². The van der Waals surface area contributed by atoms with Gasteiger partial charge in [0.2, 0.25) is 0 Å². The quantitative estimate of drug-likeness (QED) is 0.327. The van der Waals surface area contributed by atoms with Crippen LogP contribution in [0.1, 0.15) is 22.7 Å². The summed E-state index contributed by atoms with van der Waals surface area (Å²) >= 11 is 3.07. The number of methoxy groups -OCH3 is 1. The Hall–Kier alpha value is -2.84. The maximum absolute atomic E-state index is 5.82. The van der Waals surface area contributed by atoms with Gasteiger partial charge in [0.05, 0.1) is 12.8 Å². The monoisotopic (exact) mass is 439 g/mol. The predicted octanol–water partition coefficient (Wildman–Crippen LogP) is 5.69. The van der Waals surface area contributed by atoms with Crippen LogP contribution in [-0.2, 0) is 12.4 Å². The maximum atomic E-state index is 5.82. The lowest BCUT2D eigenvalue weighted by atomic mass is 10.1. The molecule has 0 unspecified atom stereocenters. The zero-order valence-corrected chi connectivity index (χ0v) is 18.5. The number of hydrogen-bond acceptors (Lipinski definition) is 8. The molecule has 0 aliphatic carbocycles. The Morgan fingerprint density at radius 3 is 2.87 bits per heavy atom. The van der Waals surface area contributed by atoms with E-state index in [-0.39, 0.29) is 6.61 Å². The highest BCUT2D eigenvalue weighted by Crippen LogP contribution is 2.29. The number of benzene rings is 2. The number of aryl methyl sites for hydroxylation is 2. The number of thiazole rings is 1. The SMILES string of the molecule is COc1cccc(-c2nc(CSc3nnc(COc4cc(C)ccc4C)o3)cs2)c1. The average molecular weight is 440 g/mol. The second-order valence-electron chi connectivity index (χ2n) is 6.68. The van der Waals surface area contributed by atoms with Crippen LogP contribution >= 0.6 is 23.1 Å². The molecule has 0 bridgehead atoms. The molecule has 30 heavy (non-hydrogen) atoms. The smallest absolute Gasteiger partial charge is 0.277 e. The summed E-state index contributed by atoms with van der Waals surface area (Å²) in [6.07, 6.45) is 0. The molecule has 0 saturated carbocycles. The molecule has 0 atom stereocenters. The van der Waals surface area contributed by atoms with Crippen LogP contribution in [0.4, 0.5) is 0 Å². The van der Waals surface area contributed by atoms with E-state index >= 15 is 0 Å². The Kier molecular flexibility index (Phi) is 6.35. The minimum absolute atomic E-state index is 0.245. The molecule has 0 radical (unpaired) electrons. The first-order valence-corrected chi connectivity index (χ1v) is 11.2. The van der Waals surface area contributed by atoms with Crippen LogP contribution in [0, 0.1) is 13.8 Å². The first kappa shape index (κ1) is 20.4. The highest BCUT2D eigenvalue weighted by molar-refractivity contribution is 7.98. The number of ether oxygens (including phenoxy) is 2. The Morgan fingerprint density at radius 2 is 2.00 bits per heavy atom. The Morgan fingerprint density at radius 1 is 1.10 bits per heavy atom. The van der Waals surface area contributed by atoms with E-state index < -0.39 is 0 Å².